The number of hydrogen-bond donors (Lipinski definition) is 0. The molecule has 4 nitrogen and oxygen atoms in total. The van der Waals surface area contributed by atoms with Crippen LogP contribution in [-0.4, -0.2) is 19.9 Å². The van der Waals surface area contributed by atoms with Gasteiger partial charge in [-0.1, -0.05) is 72.3 Å². The molecule has 2 heterocycles. The molecule has 0 spiro atoms. The van der Waals surface area contributed by atoms with Crippen molar-refractivity contribution in [1.29, 1.82) is 0 Å². The molecule has 2 aromatic heterocycles. The minimum absolute atomic E-state index is 0.381. The molecule has 0 amide bonds. The van der Waals surface area contributed by atoms with Crippen LogP contribution in [0.1, 0.15) is 0 Å². The van der Waals surface area contributed by atoms with E-state index in [1.54, 1.807) is 12.4 Å². The number of benzene rings is 3. The molecule has 0 radical (unpaired) electrons. The average Bonchev–Trinajstić information content (AvgIpc) is 2.73. The first-order chi connectivity index (χ1) is 13.3. The van der Waals surface area contributed by atoms with Gasteiger partial charge in [0.2, 0.25) is 0 Å². The van der Waals surface area contributed by atoms with Gasteiger partial charge in [0.1, 0.15) is 17.2 Å². The lowest BCUT2D eigenvalue weighted by Crippen LogP contribution is -1.97. The average molecular weight is 369 g/mol. The second-order valence-electron chi connectivity index (χ2n) is 6.17. The summed E-state index contributed by atoms with van der Waals surface area (Å²) in [5.74, 6) is 0.490. The van der Waals surface area contributed by atoms with Gasteiger partial charge in [-0.3, -0.25) is 0 Å². The van der Waals surface area contributed by atoms with Gasteiger partial charge in [-0.2, -0.15) is 0 Å². The zero-order valence-electron chi connectivity index (χ0n) is 14.2. The molecule has 0 atom stereocenters. The van der Waals surface area contributed by atoms with Crippen molar-refractivity contribution in [2.24, 2.45) is 0 Å². The van der Waals surface area contributed by atoms with Gasteiger partial charge in [-0.25, -0.2) is 19.9 Å². The Hall–Kier alpha value is -3.37. The lowest BCUT2D eigenvalue weighted by molar-refractivity contribution is 1.13. The standard InChI is InChI=1S/C22H13ClN4/c23-19-12-18(15-7-2-1-3-8-15)26-22(27-19)21-17-11-10-14-6-4-5-9-16(14)20(17)24-13-25-21/h1-13H. The van der Waals surface area contributed by atoms with Crippen molar-refractivity contribution in [2.75, 3.05) is 0 Å². The molecule has 0 N–H and O–H groups in total. The Labute approximate surface area is 160 Å². The highest BCUT2D eigenvalue weighted by atomic mass is 35.5. The van der Waals surface area contributed by atoms with Crippen LogP contribution < -0.4 is 0 Å². The Morgan fingerprint density at radius 3 is 2.41 bits per heavy atom. The van der Waals surface area contributed by atoms with Crippen LogP contribution in [-0.2, 0) is 0 Å². The first-order valence-corrected chi connectivity index (χ1v) is 8.90. The maximum absolute atomic E-state index is 6.30. The van der Waals surface area contributed by atoms with Gasteiger partial charge < -0.3 is 0 Å². The van der Waals surface area contributed by atoms with Crippen LogP contribution >= 0.6 is 11.6 Å². The second kappa shape index (κ2) is 6.41. The summed E-state index contributed by atoms with van der Waals surface area (Å²) < 4.78 is 0. The smallest absolute Gasteiger partial charge is 0.180 e. The van der Waals surface area contributed by atoms with Gasteiger partial charge >= 0.3 is 0 Å². The van der Waals surface area contributed by atoms with Crippen molar-refractivity contribution in [1.82, 2.24) is 19.9 Å². The monoisotopic (exact) mass is 368 g/mol. The Morgan fingerprint density at radius 2 is 1.52 bits per heavy atom. The van der Waals surface area contributed by atoms with Crippen molar-refractivity contribution in [3.63, 3.8) is 0 Å². The Bertz CT molecular complexity index is 1290. The Balaban J connectivity index is 1.77. The molecular formula is C22H13ClN4. The SMILES string of the molecule is Clc1cc(-c2ccccc2)nc(-c2ncnc3c2ccc2ccccc23)n1. The summed E-state index contributed by atoms with van der Waals surface area (Å²) in [6.07, 6.45) is 1.55. The molecule has 0 aliphatic carbocycles. The highest BCUT2D eigenvalue weighted by Crippen LogP contribution is 2.30. The van der Waals surface area contributed by atoms with Crippen LogP contribution in [0.5, 0.6) is 0 Å². The highest BCUT2D eigenvalue weighted by molar-refractivity contribution is 6.29. The molecule has 128 valence electrons. The third-order valence-electron chi connectivity index (χ3n) is 4.51. The molecular weight excluding hydrogens is 356 g/mol. The number of nitrogens with zero attached hydrogens (tertiary/aromatic N) is 4. The van der Waals surface area contributed by atoms with Crippen molar-refractivity contribution in [2.45, 2.75) is 0 Å². The largest absolute Gasteiger partial charge is 0.236 e. The molecule has 0 unspecified atom stereocenters. The van der Waals surface area contributed by atoms with E-state index >= 15 is 0 Å². The number of fused-ring (bicyclic) bond motifs is 3. The van der Waals surface area contributed by atoms with Gasteiger partial charge in [-0.05, 0) is 11.5 Å². The first kappa shape index (κ1) is 15.9. The van der Waals surface area contributed by atoms with E-state index in [1.165, 1.54) is 0 Å². The molecule has 0 fully saturated rings. The maximum atomic E-state index is 6.30. The van der Waals surface area contributed by atoms with Crippen molar-refractivity contribution in [3.8, 4) is 22.8 Å². The molecule has 5 heteroatoms. The molecule has 27 heavy (non-hydrogen) atoms. The molecule has 0 saturated carbocycles. The van der Waals surface area contributed by atoms with Gasteiger partial charge in [0, 0.05) is 22.4 Å². The van der Waals surface area contributed by atoms with Crippen LogP contribution in [0.15, 0.2) is 79.1 Å². The van der Waals surface area contributed by atoms with E-state index in [0.717, 1.165) is 32.9 Å². The molecule has 0 saturated heterocycles. The van der Waals surface area contributed by atoms with E-state index in [9.17, 15) is 0 Å². The predicted molar refractivity (Wildman–Crippen MR) is 109 cm³/mol. The van der Waals surface area contributed by atoms with Gasteiger partial charge in [0.25, 0.3) is 0 Å². The third-order valence-corrected chi connectivity index (χ3v) is 4.70. The normalized spacial score (nSPS) is 11.1. The summed E-state index contributed by atoms with van der Waals surface area (Å²) in [4.78, 5) is 18.1. The van der Waals surface area contributed by atoms with Crippen molar-refractivity contribution in [3.05, 3.63) is 84.3 Å². The molecule has 5 aromatic rings. The molecule has 0 aliphatic heterocycles. The Morgan fingerprint density at radius 1 is 0.704 bits per heavy atom. The van der Waals surface area contributed by atoms with Gasteiger partial charge in [0.05, 0.1) is 11.2 Å². The summed E-state index contributed by atoms with van der Waals surface area (Å²) in [6.45, 7) is 0. The molecule has 3 aromatic carbocycles. The van der Waals surface area contributed by atoms with Crippen LogP contribution in [0.2, 0.25) is 5.15 Å². The van der Waals surface area contributed by atoms with Crippen molar-refractivity contribution >= 4 is 33.3 Å². The zero-order valence-corrected chi connectivity index (χ0v) is 14.9. The lowest BCUT2D eigenvalue weighted by Gasteiger charge is -2.09. The topological polar surface area (TPSA) is 51.6 Å². The van der Waals surface area contributed by atoms with E-state index < -0.39 is 0 Å². The van der Waals surface area contributed by atoms with E-state index in [1.807, 2.05) is 48.5 Å². The molecule has 0 aliphatic rings. The van der Waals surface area contributed by atoms with Crippen LogP contribution in [0, 0.1) is 0 Å². The minimum Gasteiger partial charge on any atom is -0.236 e. The third kappa shape index (κ3) is 2.80. The summed E-state index contributed by atoms with van der Waals surface area (Å²) in [5, 5.41) is 3.49. The first-order valence-electron chi connectivity index (χ1n) is 8.52. The fraction of sp³-hybridized carbons (Fsp3) is 0. The van der Waals surface area contributed by atoms with Gasteiger partial charge in [0.15, 0.2) is 5.82 Å². The highest BCUT2D eigenvalue weighted by Gasteiger charge is 2.14. The fourth-order valence-corrected chi connectivity index (χ4v) is 3.44. The van der Waals surface area contributed by atoms with E-state index in [4.69, 9.17) is 16.6 Å². The van der Waals surface area contributed by atoms with E-state index in [0.29, 0.717) is 16.7 Å². The van der Waals surface area contributed by atoms with Crippen LogP contribution in [0.3, 0.4) is 0 Å². The summed E-state index contributed by atoms with van der Waals surface area (Å²) in [5.41, 5.74) is 3.29. The number of rotatable bonds is 2. The number of hydrogen-bond acceptors (Lipinski definition) is 4. The van der Waals surface area contributed by atoms with E-state index in [2.05, 4.69) is 33.2 Å². The quantitative estimate of drug-likeness (QED) is 0.302. The minimum atomic E-state index is 0.381. The van der Waals surface area contributed by atoms with Crippen molar-refractivity contribution < 1.29 is 0 Å². The number of aromatic nitrogens is 4. The Kier molecular flexibility index (Phi) is 3.77. The summed E-state index contributed by atoms with van der Waals surface area (Å²) >= 11 is 6.30. The second-order valence-corrected chi connectivity index (χ2v) is 6.56. The maximum Gasteiger partial charge on any atom is 0.180 e. The zero-order chi connectivity index (χ0) is 18.2. The fourth-order valence-electron chi connectivity index (χ4n) is 3.26. The summed E-state index contributed by atoms with van der Waals surface area (Å²) in [7, 11) is 0. The molecule has 0 bridgehead atoms. The van der Waals surface area contributed by atoms with Gasteiger partial charge in [-0.15, -0.1) is 0 Å². The van der Waals surface area contributed by atoms with Crippen LogP contribution in [0.25, 0.3) is 44.5 Å². The summed E-state index contributed by atoms with van der Waals surface area (Å²) in [6, 6.07) is 23.9. The number of halogens is 1. The molecule has 5 rings (SSSR count). The van der Waals surface area contributed by atoms with Crippen LogP contribution in [0.4, 0.5) is 0 Å². The van der Waals surface area contributed by atoms with E-state index in [-0.39, 0.29) is 0 Å². The lowest BCUT2D eigenvalue weighted by atomic mass is 10.0. The predicted octanol–water partition coefficient (Wildman–Crippen LogP) is 5.56.